The number of nitrogens with zero attached hydrogens (tertiary/aromatic N) is 4. The SMILES string of the molecule is Nc1cnc2n(N)ncn12. The summed E-state index contributed by atoms with van der Waals surface area (Å²) in [5.74, 6) is 6.43. The van der Waals surface area contributed by atoms with Crippen LogP contribution in [0.4, 0.5) is 5.82 Å². The Morgan fingerprint density at radius 3 is 3.00 bits per heavy atom. The lowest BCUT2D eigenvalue weighted by molar-refractivity contribution is 0.850. The standard InChI is InChI=1S/C4H6N6/c5-3-1-7-4-9(3)2-8-10(4)6/h1-2H,5-6H2. The van der Waals surface area contributed by atoms with Crippen LogP contribution >= 0.6 is 0 Å². The van der Waals surface area contributed by atoms with Crippen LogP contribution in [-0.2, 0) is 0 Å². The van der Waals surface area contributed by atoms with Crippen LogP contribution in [0.5, 0.6) is 0 Å². The molecule has 2 rings (SSSR count). The molecule has 4 N–H and O–H groups in total. The number of hydrogen-bond donors (Lipinski definition) is 2. The Labute approximate surface area is 56.0 Å². The Kier molecular flexibility index (Phi) is 0.717. The molecule has 2 heterocycles. The van der Waals surface area contributed by atoms with E-state index >= 15 is 0 Å². The van der Waals surface area contributed by atoms with Gasteiger partial charge in [0.25, 0.3) is 5.78 Å². The van der Waals surface area contributed by atoms with Crippen LogP contribution in [0.2, 0.25) is 0 Å². The van der Waals surface area contributed by atoms with Crippen molar-refractivity contribution in [2.75, 3.05) is 11.6 Å². The van der Waals surface area contributed by atoms with Crippen molar-refractivity contribution in [3.8, 4) is 0 Å². The lowest BCUT2D eigenvalue weighted by Gasteiger charge is -1.84. The molecular formula is C4H6N6. The molecular weight excluding hydrogens is 132 g/mol. The van der Waals surface area contributed by atoms with Crippen LogP contribution in [0.15, 0.2) is 12.5 Å². The van der Waals surface area contributed by atoms with Gasteiger partial charge in [-0.05, 0) is 0 Å². The molecule has 0 aromatic carbocycles. The van der Waals surface area contributed by atoms with Crippen molar-refractivity contribution in [2.45, 2.75) is 0 Å². The molecule has 0 aliphatic rings. The van der Waals surface area contributed by atoms with Crippen molar-refractivity contribution in [3.63, 3.8) is 0 Å². The van der Waals surface area contributed by atoms with Crippen LogP contribution in [0, 0.1) is 0 Å². The van der Waals surface area contributed by atoms with Gasteiger partial charge >= 0.3 is 0 Å². The summed E-state index contributed by atoms with van der Waals surface area (Å²) in [6, 6.07) is 0. The maximum atomic E-state index is 5.48. The van der Waals surface area contributed by atoms with Gasteiger partial charge in [0.15, 0.2) is 0 Å². The van der Waals surface area contributed by atoms with Gasteiger partial charge in [0.2, 0.25) is 0 Å². The molecule has 0 aliphatic heterocycles. The minimum Gasteiger partial charge on any atom is -0.383 e. The fourth-order valence-corrected chi connectivity index (χ4v) is 0.810. The molecule has 0 saturated heterocycles. The maximum Gasteiger partial charge on any atom is 0.253 e. The third-order valence-corrected chi connectivity index (χ3v) is 1.30. The van der Waals surface area contributed by atoms with Gasteiger partial charge in [-0.2, -0.15) is 0 Å². The van der Waals surface area contributed by atoms with E-state index in [-0.39, 0.29) is 0 Å². The summed E-state index contributed by atoms with van der Waals surface area (Å²) >= 11 is 0. The van der Waals surface area contributed by atoms with Gasteiger partial charge in [0.1, 0.15) is 12.1 Å². The second-order valence-electron chi connectivity index (χ2n) is 1.93. The van der Waals surface area contributed by atoms with Crippen molar-refractivity contribution in [1.82, 2.24) is 19.3 Å². The molecule has 2 aromatic heterocycles. The van der Waals surface area contributed by atoms with Crippen molar-refractivity contribution >= 4 is 11.6 Å². The van der Waals surface area contributed by atoms with Crippen molar-refractivity contribution in [3.05, 3.63) is 12.5 Å². The highest BCUT2D eigenvalue weighted by Gasteiger charge is 2.02. The van der Waals surface area contributed by atoms with Gasteiger partial charge in [0.05, 0.1) is 6.20 Å². The van der Waals surface area contributed by atoms with Gasteiger partial charge in [-0.3, -0.25) is 4.40 Å². The van der Waals surface area contributed by atoms with E-state index in [0.717, 1.165) is 4.79 Å². The van der Waals surface area contributed by atoms with E-state index in [2.05, 4.69) is 10.1 Å². The van der Waals surface area contributed by atoms with E-state index in [4.69, 9.17) is 11.6 Å². The Bertz CT molecular complexity index is 321. The summed E-state index contributed by atoms with van der Waals surface area (Å²) in [4.78, 5) is 5.05. The molecule has 10 heavy (non-hydrogen) atoms. The fourth-order valence-electron chi connectivity index (χ4n) is 0.810. The third-order valence-electron chi connectivity index (χ3n) is 1.30. The fraction of sp³-hybridized carbons (Fsp3) is 0. The Morgan fingerprint density at radius 1 is 1.50 bits per heavy atom. The van der Waals surface area contributed by atoms with Crippen LogP contribution in [0.1, 0.15) is 0 Å². The number of rotatable bonds is 0. The van der Waals surface area contributed by atoms with E-state index in [0.29, 0.717) is 11.6 Å². The quantitative estimate of drug-likeness (QED) is 0.449. The van der Waals surface area contributed by atoms with Crippen molar-refractivity contribution < 1.29 is 0 Å². The molecule has 2 aromatic rings. The summed E-state index contributed by atoms with van der Waals surface area (Å²) in [5, 5.41) is 3.73. The second kappa shape index (κ2) is 1.41. The summed E-state index contributed by atoms with van der Waals surface area (Å²) in [5.41, 5.74) is 5.48. The average molecular weight is 138 g/mol. The molecule has 0 spiro atoms. The predicted molar refractivity (Wildman–Crippen MR) is 35.5 cm³/mol. The van der Waals surface area contributed by atoms with Crippen LogP contribution < -0.4 is 11.6 Å². The minimum atomic E-state index is 0.534. The van der Waals surface area contributed by atoms with E-state index in [1.54, 1.807) is 4.40 Å². The van der Waals surface area contributed by atoms with E-state index in [1.807, 2.05) is 0 Å². The minimum absolute atomic E-state index is 0.534. The Balaban J connectivity index is 2.95. The second-order valence-corrected chi connectivity index (χ2v) is 1.93. The van der Waals surface area contributed by atoms with Crippen LogP contribution in [0.3, 0.4) is 0 Å². The van der Waals surface area contributed by atoms with E-state index in [9.17, 15) is 0 Å². The number of nitrogens with two attached hydrogens (primary N) is 2. The number of fused-ring (bicyclic) bond motifs is 1. The zero-order valence-electron chi connectivity index (χ0n) is 5.10. The average Bonchev–Trinajstić information content (AvgIpc) is 2.41. The number of aromatic nitrogens is 4. The van der Waals surface area contributed by atoms with E-state index in [1.165, 1.54) is 12.5 Å². The highest BCUT2D eigenvalue weighted by molar-refractivity contribution is 5.41. The molecule has 52 valence electrons. The summed E-state index contributed by atoms with van der Waals surface area (Å²) in [6.45, 7) is 0. The topological polar surface area (TPSA) is 87.2 Å². The van der Waals surface area contributed by atoms with Crippen molar-refractivity contribution in [1.29, 1.82) is 0 Å². The molecule has 0 amide bonds. The number of imidazole rings is 1. The summed E-state index contributed by atoms with van der Waals surface area (Å²) in [6.07, 6.45) is 3.04. The van der Waals surface area contributed by atoms with Gasteiger partial charge in [-0.1, -0.05) is 0 Å². The molecule has 0 radical (unpaired) electrons. The van der Waals surface area contributed by atoms with Gasteiger partial charge in [0, 0.05) is 0 Å². The first-order chi connectivity index (χ1) is 4.79. The first-order valence-electron chi connectivity index (χ1n) is 2.70. The molecule has 0 saturated carbocycles. The lowest BCUT2D eigenvalue weighted by atomic mass is 10.8. The van der Waals surface area contributed by atoms with Crippen molar-refractivity contribution in [2.24, 2.45) is 0 Å². The molecule has 0 fully saturated rings. The highest BCUT2D eigenvalue weighted by Crippen LogP contribution is 2.03. The lowest BCUT2D eigenvalue weighted by Crippen LogP contribution is -2.09. The number of hydrogen-bond acceptors (Lipinski definition) is 4. The normalized spacial score (nSPS) is 10.8. The number of nitrogen functional groups attached to an aromatic ring is 2. The Morgan fingerprint density at radius 2 is 2.30 bits per heavy atom. The third kappa shape index (κ3) is 0.426. The van der Waals surface area contributed by atoms with Gasteiger partial charge in [-0.25, -0.2) is 4.98 Å². The molecule has 0 bridgehead atoms. The highest BCUT2D eigenvalue weighted by atomic mass is 15.5. The number of anilines is 1. The summed E-state index contributed by atoms with van der Waals surface area (Å²) < 4.78 is 1.60. The maximum absolute atomic E-state index is 5.48. The molecule has 0 atom stereocenters. The molecule has 6 nitrogen and oxygen atoms in total. The van der Waals surface area contributed by atoms with Gasteiger partial charge < -0.3 is 11.6 Å². The van der Waals surface area contributed by atoms with Crippen LogP contribution in [0.25, 0.3) is 5.78 Å². The molecule has 0 aliphatic carbocycles. The van der Waals surface area contributed by atoms with Crippen LogP contribution in [-0.4, -0.2) is 19.3 Å². The van der Waals surface area contributed by atoms with E-state index < -0.39 is 0 Å². The first-order valence-corrected chi connectivity index (χ1v) is 2.70. The molecule has 0 unspecified atom stereocenters. The smallest absolute Gasteiger partial charge is 0.253 e. The Hall–Kier alpha value is -1.72. The zero-order valence-corrected chi connectivity index (χ0v) is 5.10. The monoisotopic (exact) mass is 138 g/mol. The predicted octanol–water partition coefficient (Wildman–Crippen LogP) is -1.17. The zero-order chi connectivity index (χ0) is 7.14. The largest absolute Gasteiger partial charge is 0.383 e. The first kappa shape index (κ1) is 5.10. The molecule has 6 heteroatoms. The van der Waals surface area contributed by atoms with Gasteiger partial charge in [-0.15, -0.1) is 9.89 Å². The summed E-state index contributed by atoms with van der Waals surface area (Å²) in [7, 11) is 0.